The number of aromatic amines is 1. The molecule has 1 aromatic heterocycles. The van der Waals surface area contributed by atoms with Crippen LogP contribution in [0.2, 0.25) is 0 Å². The molecule has 80 valence electrons. The highest BCUT2D eigenvalue weighted by Gasteiger charge is 2.05. The fraction of sp³-hybridized carbons (Fsp3) is 0.200. The van der Waals surface area contributed by atoms with Crippen LogP contribution >= 0.6 is 0 Å². The number of aromatic nitrogens is 1. The maximum atomic E-state index is 11.0. The molecule has 0 amide bonds. The standard InChI is InChI=1S/C10H12N2O2S/c1-7-3-4-9-8(5-7)6-10(11-9)12-15(2,13)14/h3-6,11-12H,1-2H3. The van der Waals surface area contributed by atoms with Crippen molar-refractivity contribution in [3.63, 3.8) is 0 Å². The molecule has 0 atom stereocenters. The van der Waals surface area contributed by atoms with E-state index in [-0.39, 0.29) is 0 Å². The van der Waals surface area contributed by atoms with Crippen molar-refractivity contribution >= 4 is 26.7 Å². The molecule has 0 spiro atoms. The van der Waals surface area contributed by atoms with E-state index in [0.717, 1.165) is 22.7 Å². The second-order valence-corrected chi connectivity index (χ2v) is 5.40. The topological polar surface area (TPSA) is 62.0 Å². The van der Waals surface area contributed by atoms with Crippen molar-refractivity contribution in [3.05, 3.63) is 29.8 Å². The molecule has 0 unspecified atom stereocenters. The first-order valence-electron chi connectivity index (χ1n) is 4.51. The number of benzene rings is 1. The summed E-state index contributed by atoms with van der Waals surface area (Å²) in [6, 6.07) is 7.68. The monoisotopic (exact) mass is 224 g/mol. The van der Waals surface area contributed by atoms with Gasteiger partial charge in [-0.25, -0.2) is 8.42 Å². The van der Waals surface area contributed by atoms with E-state index < -0.39 is 10.0 Å². The summed E-state index contributed by atoms with van der Waals surface area (Å²) in [5, 5.41) is 1.00. The summed E-state index contributed by atoms with van der Waals surface area (Å²) in [5.74, 6) is 0.498. The van der Waals surface area contributed by atoms with Gasteiger partial charge in [0.2, 0.25) is 10.0 Å². The Kier molecular flexibility index (Phi) is 2.19. The van der Waals surface area contributed by atoms with Crippen molar-refractivity contribution in [2.24, 2.45) is 0 Å². The lowest BCUT2D eigenvalue weighted by molar-refractivity contribution is 0.606. The molecule has 0 aliphatic rings. The van der Waals surface area contributed by atoms with Gasteiger partial charge in [0.05, 0.1) is 6.26 Å². The van der Waals surface area contributed by atoms with Gasteiger partial charge in [0.1, 0.15) is 5.82 Å². The highest BCUT2D eigenvalue weighted by atomic mass is 32.2. The molecule has 0 fully saturated rings. The molecule has 0 aliphatic heterocycles. The van der Waals surface area contributed by atoms with Gasteiger partial charge in [-0.3, -0.25) is 4.72 Å². The second kappa shape index (κ2) is 3.27. The average Bonchev–Trinajstić information content (AvgIpc) is 2.42. The maximum absolute atomic E-state index is 11.0. The van der Waals surface area contributed by atoms with E-state index in [1.807, 2.05) is 25.1 Å². The van der Waals surface area contributed by atoms with Gasteiger partial charge in [-0.2, -0.15) is 0 Å². The number of anilines is 1. The van der Waals surface area contributed by atoms with Gasteiger partial charge < -0.3 is 4.98 Å². The van der Waals surface area contributed by atoms with Crippen LogP contribution in [0.15, 0.2) is 24.3 Å². The molecule has 1 aromatic carbocycles. The Labute approximate surface area is 88.4 Å². The Morgan fingerprint density at radius 1 is 1.27 bits per heavy atom. The van der Waals surface area contributed by atoms with E-state index in [1.165, 1.54) is 0 Å². The Balaban J connectivity index is 2.48. The van der Waals surface area contributed by atoms with Crippen molar-refractivity contribution < 1.29 is 8.42 Å². The summed E-state index contributed by atoms with van der Waals surface area (Å²) in [5.41, 5.74) is 2.07. The number of hydrogen-bond acceptors (Lipinski definition) is 2. The van der Waals surface area contributed by atoms with Crippen LogP contribution in [-0.4, -0.2) is 19.7 Å². The minimum absolute atomic E-state index is 0.498. The number of aryl methyl sites for hydroxylation is 1. The van der Waals surface area contributed by atoms with E-state index in [4.69, 9.17) is 0 Å². The lowest BCUT2D eigenvalue weighted by Crippen LogP contribution is -2.09. The number of hydrogen-bond donors (Lipinski definition) is 2. The average molecular weight is 224 g/mol. The third-order valence-electron chi connectivity index (χ3n) is 2.07. The number of sulfonamides is 1. The molecule has 4 nitrogen and oxygen atoms in total. The third-order valence-corrected chi connectivity index (χ3v) is 2.66. The predicted molar refractivity (Wildman–Crippen MR) is 61.5 cm³/mol. The third kappa shape index (κ3) is 2.30. The van der Waals surface area contributed by atoms with Crippen LogP contribution in [0.25, 0.3) is 10.9 Å². The minimum Gasteiger partial charge on any atom is -0.341 e. The van der Waals surface area contributed by atoms with Crippen molar-refractivity contribution in [1.29, 1.82) is 0 Å². The van der Waals surface area contributed by atoms with Crippen LogP contribution < -0.4 is 4.72 Å². The Morgan fingerprint density at radius 2 is 2.00 bits per heavy atom. The quantitative estimate of drug-likeness (QED) is 0.817. The first kappa shape index (κ1) is 10.0. The number of H-pyrrole nitrogens is 1. The van der Waals surface area contributed by atoms with E-state index in [1.54, 1.807) is 6.07 Å². The number of nitrogens with one attached hydrogen (secondary N) is 2. The van der Waals surface area contributed by atoms with E-state index in [2.05, 4.69) is 9.71 Å². The summed E-state index contributed by atoms with van der Waals surface area (Å²) >= 11 is 0. The fourth-order valence-corrected chi connectivity index (χ4v) is 2.02. The van der Waals surface area contributed by atoms with Crippen molar-refractivity contribution in [2.45, 2.75) is 6.92 Å². The lowest BCUT2D eigenvalue weighted by Gasteiger charge is -1.97. The van der Waals surface area contributed by atoms with Crippen LogP contribution in [0.3, 0.4) is 0 Å². The molecule has 2 N–H and O–H groups in total. The largest absolute Gasteiger partial charge is 0.341 e. The Hall–Kier alpha value is -1.49. The molecule has 0 saturated heterocycles. The second-order valence-electron chi connectivity index (χ2n) is 3.65. The van der Waals surface area contributed by atoms with E-state index in [0.29, 0.717) is 5.82 Å². The first-order chi connectivity index (χ1) is 6.94. The maximum Gasteiger partial charge on any atom is 0.230 e. The normalized spacial score (nSPS) is 11.9. The summed E-state index contributed by atoms with van der Waals surface area (Å²) in [6.07, 6.45) is 1.13. The van der Waals surface area contributed by atoms with Crippen LogP contribution in [-0.2, 0) is 10.0 Å². The van der Waals surface area contributed by atoms with Crippen LogP contribution in [0.5, 0.6) is 0 Å². The molecule has 1 heterocycles. The molecule has 2 aromatic rings. The molecular formula is C10H12N2O2S. The van der Waals surface area contributed by atoms with Gasteiger partial charge in [-0.15, -0.1) is 0 Å². The molecule has 2 rings (SSSR count). The van der Waals surface area contributed by atoms with Gasteiger partial charge in [-0.1, -0.05) is 11.6 Å². The molecule has 0 bridgehead atoms. The number of rotatable bonds is 2. The van der Waals surface area contributed by atoms with Gasteiger partial charge in [-0.05, 0) is 25.1 Å². The van der Waals surface area contributed by atoms with Gasteiger partial charge >= 0.3 is 0 Å². The van der Waals surface area contributed by atoms with Gasteiger partial charge in [0, 0.05) is 10.9 Å². The molecular weight excluding hydrogens is 212 g/mol. The van der Waals surface area contributed by atoms with Crippen molar-refractivity contribution in [1.82, 2.24) is 4.98 Å². The van der Waals surface area contributed by atoms with E-state index >= 15 is 0 Å². The zero-order chi connectivity index (χ0) is 11.1. The molecule has 0 saturated carbocycles. The van der Waals surface area contributed by atoms with Crippen LogP contribution in [0.1, 0.15) is 5.56 Å². The molecule has 0 aliphatic carbocycles. The highest BCUT2D eigenvalue weighted by Crippen LogP contribution is 2.20. The Morgan fingerprint density at radius 3 is 2.67 bits per heavy atom. The molecule has 15 heavy (non-hydrogen) atoms. The summed E-state index contributed by atoms with van der Waals surface area (Å²) in [6.45, 7) is 2.00. The molecule has 0 radical (unpaired) electrons. The summed E-state index contributed by atoms with van der Waals surface area (Å²) in [4.78, 5) is 2.99. The lowest BCUT2D eigenvalue weighted by atomic mass is 10.2. The van der Waals surface area contributed by atoms with Gasteiger partial charge in [0.25, 0.3) is 0 Å². The van der Waals surface area contributed by atoms with Crippen molar-refractivity contribution in [2.75, 3.05) is 11.0 Å². The SMILES string of the molecule is Cc1ccc2[nH]c(NS(C)(=O)=O)cc2c1. The summed E-state index contributed by atoms with van der Waals surface area (Å²) in [7, 11) is -3.22. The zero-order valence-electron chi connectivity index (χ0n) is 8.53. The fourth-order valence-electron chi connectivity index (χ4n) is 1.51. The first-order valence-corrected chi connectivity index (χ1v) is 6.40. The number of fused-ring (bicyclic) bond motifs is 1. The van der Waals surface area contributed by atoms with Crippen LogP contribution in [0.4, 0.5) is 5.82 Å². The predicted octanol–water partition coefficient (Wildman–Crippen LogP) is 1.85. The Bertz CT molecular complexity index is 599. The van der Waals surface area contributed by atoms with Crippen LogP contribution in [0, 0.1) is 6.92 Å². The van der Waals surface area contributed by atoms with Gasteiger partial charge in [0.15, 0.2) is 0 Å². The highest BCUT2D eigenvalue weighted by molar-refractivity contribution is 7.92. The zero-order valence-corrected chi connectivity index (χ0v) is 9.35. The van der Waals surface area contributed by atoms with E-state index in [9.17, 15) is 8.42 Å². The minimum atomic E-state index is -3.22. The smallest absolute Gasteiger partial charge is 0.230 e. The summed E-state index contributed by atoms with van der Waals surface area (Å²) < 4.78 is 24.4. The van der Waals surface area contributed by atoms with Crippen molar-refractivity contribution in [3.8, 4) is 0 Å². The molecule has 5 heteroatoms.